The minimum atomic E-state index is 0.254. The fourth-order valence-electron chi connectivity index (χ4n) is 3.21. The van der Waals surface area contributed by atoms with Crippen LogP contribution in [0.3, 0.4) is 0 Å². The Hall–Kier alpha value is -0.770. The molecule has 2 fully saturated rings. The number of nitrogens with zero attached hydrogens (tertiary/aromatic N) is 4. The number of hydrogen-bond donors (Lipinski definition) is 0. The second-order valence-corrected chi connectivity index (χ2v) is 4.56. The van der Waals surface area contributed by atoms with Crippen molar-refractivity contribution >= 4 is 0 Å². The molecule has 2 saturated heterocycles. The summed E-state index contributed by atoms with van der Waals surface area (Å²) in [6, 6.07) is 0.443. The van der Waals surface area contributed by atoms with Crippen molar-refractivity contribution in [2.24, 2.45) is 5.11 Å². The maximum Gasteiger partial charge on any atom is 0.0646 e. The summed E-state index contributed by atoms with van der Waals surface area (Å²) in [6.07, 6.45) is 4.80. The number of ether oxygens (including phenoxy) is 1. The zero-order valence-corrected chi connectivity index (χ0v) is 9.22. The second kappa shape index (κ2) is 4.39. The van der Waals surface area contributed by atoms with Crippen LogP contribution in [0.5, 0.6) is 0 Å². The monoisotopic (exact) mass is 210 g/mol. The van der Waals surface area contributed by atoms with E-state index in [-0.39, 0.29) is 5.54 Å². The van der Waals surface area contributed by atoms with Crippen LogP contribution in [-0.4, -0.2) is 43.3 Å². The molecule has 2 atom stereocenters. The Labute approximate surface area is 90.0 Å². The SMILES string of the molecule is COC[C@@]12CCCN1[C@H](CN=[N+]=[N-])CC2. The third-order valence-corrected chi connectivity index (χ3v) is 3.80. The van der Waals surface area contributed by atoms with Gasteiger partial charge in [-0.05, 0) is 37.8 Å². The average Bonchev–Trinajstić information content (AvgIpc) is 2.75. The Bertz CT molecular complexity index is 277. The Morgan fingerprint density at radius 2 is 2.47 bits per heavy atom. The predicted octanol–water partition coefficient (Wildman–Crippen LogP) is 1.94. The van der Waals surface area contributed by atoms with Gasteiger partial charge < -0.3 is 4.74 Å². The molecule has 84 valence electrons. The molecule has 5 nitrogen and oxygen atoms in total. The molecular formula is C10H18N4O. The number of hydrogen-bond acceptors (Lipinski definition) is 3. The summed E-state index contributed by atoms with van der Waals surface area (Å²) in [5, 5.41) is 3.70. The summed E-state index contributed by atoms with van der Waals surface area (Å²) in [7, 11) is 1.77. The number of azide groups is 1. The summed E-state index contributed by atoms with van der Waals surface area (Å²) in [4.78, 5) is 5.35. The van der Waals surface area contributed by atoms with Crippen LogP contribution in [0.15, 0.2) is 5.11 Å². The highest BCUT2D eigenvalue weighted by Gasteiger charge is 2.48. The normalized spacial score (nSPS) is 35.1. The van der Waals surface area contributed by atoms with Crippen molar-refractivity contribution in [3.8, 4) is 0 Å². The molecule has 15 heavy (non-hydrogen) atoms. The molecule has 2 rings (SSSR count). The molecule has 0 aromatic rings. The van der Waals surface area contributed by atoms with E-state index in [9.17, 15) is 0 Å². The molecule has 0 N–H and O–H groups in total. The first-order valence-corrected chi connectivity index (χ1v) is 5.59. The average molecular weight is 210 g/mol. The summed E-state index contributed by atoms with van der Waals surface area (Å²) in [5.41, 5.74) is 8.60. The van der Waals surface area contributed by atoms with E-state index in [1.807, 2.05) is 0 Å². The minimum Gasteiger partial charge on any atom is -0.383 e. The van der Waals surface area contributed by atoms with Gasteiger partial charge in [0, 0.05) is 30.1 Å². The maximum atomic E-state index is 8.35. The van der Waals surface area contributed by atoms with E-state index in [0.29, 0.717) is 12.6 Å². The van der Waals surface area contributed by atoms with Crippen molar-refractivity contribution in [1.29, 1.82) is 0 Å². The minimum absolute atomic E-state index is 0.254. The second-order valence-electron chi connectivity index (χ2n) is 4.56. The van der Waals surface area contributed by atoms with E-state index in [4.69, 9.17) is 10.3 Å². The molecule has 2 aliphatic rings. The Kier molecular flexibility index (Phi) is 3.14. The van der Waals surface area contributed by atoms with Crippen LogP contribution < -0.4 is 0 Å². The zero-order chi connectivity index (χ0) is 10.7. The van der Waals surface area contributed by atoms with Crippen LogP contribution >= 0.6 is 0 Å². The molecule has 0 saturated carbocycles. The lowest BCUT2D eigenvalue weighted by atomic mass is 9.95. The molecule has 0 spiro atoms. The lowest BCUT2D eigenvalue weighted by Gasteiger charge is -2.34. The van der Waals surface area contributed by atoms with Gasteiger partial charge in [-0.1, -0.05) is 5.11 Å². The number of rotatable bonds is 4. The molecule has 0 bridgehead atoms. The van der Waals surface area contributed by atoms with E-state index >= 15 is 0 Å². The van der Waals surface area contributed by atoms with Crippen molar-refractivity contribution in [3.05, 3.63) is 10.4 Å². The van der Waals surface area contributed by atoms with Crippen molar-refractivity contribution in [3.63, 3.8) is 0 Å². The van der Waals surface area contributed by atoms with Gasteiger partial charge in [-0.2, -0.15) is 0 Å². The van der Waals surface area contributed by atoms with Crippen molar-refractivity contribution in [2.45, 2.75) is 37.3 Å². The summed E-state index contributed by atoms with van der Waals surface area (Å²) < 4.78 is 5.34. The topological polar surface area (TPSA) is 61.2 Å². The van der Waals surface area contributed by atoms with E-state index in [2.05, 4.69) is 14.9 Å². The molecule has 0 radical (unpaired) electrons. The highest BCUT2D eigenvalue weighted by Crippen LogP contribution is 2.42. The van der Waals surface area contributed by atoms with E-state index < -0.39 is 0 Å². The van der Waals surface area contributed by atoms with Gasteiger partial charge >= 0.3 is 0 Å². The Morgan fingerprint density at radius 1 is 1.60 bits per heavy atom. The molecule has 2 heterocycles. The van der Waals surface area contributed by atoms with Gasteiger partial charge in [-0.15, -0.1) is 0 Å². The van der Waals surface area contributed by atoms with Crippen LogP contribution in [0.1, 0.15) is 25.7 Å². The van der Waals surface area contributed by atoms with Gasteiger partial charge in [0.25, 0.3) is 0 Å². The lowest BCUT2D eigenvalue weighted by Crippen LogP contribution is -2.46. The zero-order valence-electron chi connectivity index (χ0n) is 9.22. The van der Waals surface area contributed by atoms with Gasteiger partial charge in [0.2, 0.25) is 0 Å². The smallest absolute Gasteiger partial charge is 0.0646 e. The number of fused-ring (bicyclic) bond motifs is 1. The lowest BCUT2D eigenvalue weighted by molar-refractivity contribution is 0.0512. The van der Waals surface area contributed by atoms with Gasteiger partial charge in [0.1, 0.15) is 0 Å². The Balaban J connectivity index is 2.05. The van der Waals surface area contributed by atoms with Crippen LogP contribution in [-0.2, 0) is 4.74 Å². The fourth-order valence-corrected chi connectivity index (χ4v) is 3.21. The Morgan fingerprint density at radius 3 is 3.20 bits per heavy atom. The number of methoxy groups -OCH3 is 1. The van der Waals surface area contributed by atoms with E-state index in [0.717, 1.165) is 19.6 Å². The third kappa shape index (κ3) is 1.83. The standard InChI is InChI=1S/C10H18N4O/c1-15-8-10-4-2-6-14(10)9(3-5-10)7-12-13-11/h9H,2-8H2,1H3/t9-,10-/m0/s1. The molecule has 0 amide bonds. The first-order valence-electron chi connectivity index (χ1n) is 5.59. The molecule has 0 aromatic heterocycles. The van der Waals surface area contributed by atoms with Gasteiger partial charge in [-0.25, -0.2) is 0 Å². The maximum absolute atomic E-state index is 8.35. The van der Waals surface area contributed by atoms with Crippen molar-refractivity contribution in [2.75, 3.05) is 26.8 Å². The summed E-state index contributed by atoms with van der Waals surface area (Å²) in [5.74, 6) is 0. The largest absolute Gasteiger partial charge is 0.383 e. The molecule has 0 unspecified atom stereocenters. The first kappa shape index (κ1) is 10.7. The van der Waals surface area contributed by atoms with Crippen LogP contribution in [0.2, 0.25) is 0 Å². The van der Waals surface area contributed by atoms with Crippen LogP contribution in [0, 0.1) is 0 Å². The third-order valence-electron chi connectivity index (χ3n) is 3.80. The van der Waals surface area contributed by atoms with Gasteiger partial charge in [-0.3, -0.25) is 4.90 Å². The van der Waals surface area contributed by atoms with Crippen LogP contribution in [0.4, 0.5) is 0 Å². The highest BCUT2D eigenvalue weighted by atomic mass is 16.5. The summed E-state index contributed by atoms with van der Waals surface area (Å²) >= 11 is 0. The molecule has 2 aliphatic heterocycles. The van der Waals surface area contributed by atoms with Crippen molar-refractivity contribution in [1.82, 2.24) is 4.90 Å². The van der Waals surface area contributed by atoms with Crippen molar-refractivity contribution < 1.29 is 4.74 Å². The van der Waals surface area contributed by atoms with Gasteiger partial charge in [0.15, 0.2) is 0 Å². The predicted molar refractivity (Wildman–Crippen MR) is 57.6 cm³/mol. The van der Waals surface area contributed by atoms with E-state index in [1.54, 1.807) is 7.11 Å². The molecule has 0 aromatic carbocycles. The molecule has 5 heteroatoms. The van der Waals surface area contributed by atoms with Gasteiger partial charge in [0.05, 0.1) is 6.61 Å². The van der Waals surface area contributed by atoms with E-state index in [1.165, 1.54) is 19.3 Å². The highest BCUT2D eigenvalue weighted by molar-refractivity contribution is 5.04. The molecule has 0 aliphatic carbocycles. The molecular weight excluding hydrogens is 192 g/mol. The fraction of sp³-hybridized carbons (Fsp3) is 1.00. The summed E-state index contributed by atoms with van der Waals surface area (Å²) in [6.45, 7) is 2.57. The quantitative estimate of drug-likeness (QED) is 0.404. The van der Waals surface area contributed by atoms with Crippen LogP contribution in [0.25, 0.3) is 10.4 Å². The first-order chi connectivity index (χ1) is 7.32.